The van der Waals surface area contributed by atoms with E-state index in [9.17, 15) is 18.0 Å². The molecular formula is C26H38N4O4S. The number of nitrogens with one attached hydrogen (secondary N) is 1. The minimum absolute atomic E-state index is 0.199. The van der Waals surface area contributed by atoms with Crippen molar-refractivity contribution in [3.8, 4) is 0 Å². The van der Waals surface area contributed by atoms with Crippen LogP contribution in [0.3, 0.4) is 0 Å². The summed E-state index contributed by atoms with van der Waals surface area (Å²) in [5, 5.41) is 2.93. The van der Waals surface area contributed by atoms with E-state index in [0.717, 1.165) is 32.6 Å². The quantitative estimate of drug-likeness (QED) is 0.426. The number of carbonyl (C=O) groups excluding carboxylic acids is 2. The highest BCUT2D eigenvalue weighted by atomic mass is 32.2. The molecule has 0 radical (unpaired) electrons. The Bertz CT molecular complexity index is 1070. The van der Waals surface area contributed by atoms with Gasteiger partial charge in [0.2, 0.25) is 11.8 Å². The molecule has 0 unspecified atom stereocenters. The van der Waals surface area contributed by atoms with Crippen LogP contribution < -0.4 is 9.62 Å². The lowest BCUT2D eigenvalue weighted by Gasteiger charge is -2.34. The maximum atomic E-state index is 13.7. The van der Waals surface area contributed by atoms with Crippen LogP contribution in [0.2, 0.25) is 0 Å². The second-order valence-corrected chi connectivity index (χ2v) is 10.8. The first-order chi connectivity index (χ1) is 16.6. The van der Waals surface area contributed by atoms with Gasteiger partial charge in [0.1, 0.15) is 12.6 Å². The molecular weight excluding hydrogens is 464 g/mol. The number of nitrogens with zero attached hydrogens (tertiary/aromatic N) is 3. The number of hydrogen-bond donors (Lipinski definition) is 1. The van der Waals surface area contributed by atoms with Gasteiger partial charge >= 0.3 is 10.2 Å². The molecule has 0 aliphatic carbocycles. The van der Waals surface area contributed by atoms with E-state index in [1.165, 1.54) is 19.0 Å². The fraction of sp³-hybridized carbons (Fsp3) is 0.462. The molecule has 0 bridgehead atoms. The minimum atomic E-state index is -3.95. The predicted molar refractivity (Wildman–Crippen MR) is 140 cm³/mol. The van der Waals surface area contributed by atoms with Crippen molar-refractivity contribution in [2.75, 3.05) is 31.5 Å². The van der Waals surface area contributed by atoms with Gasteiger partial charge in [-0.3, -0.25) is 9.59 Å². The van der Waals surface area contributed by atoms with Crippen LogP contribution in [0.5, 0.6) is 0 Å². The molecule has 35 heavy (non-hydrogen) atoms. The standard InChI is InChI=1S/C26H38N4O4S/c1-6-8-17-27-26(32)24(7-2)29(19-22-14-12-13-21(3)18-22)25(31)20-30(35(33,34)28(4)5)23-15-10-9-11-16-23/h9-16,18,24H,6-8,17,19-20H2,1-5H3,(H,27,32)/t24-/m1/s1. The Morgan fingerprint density at radius 1 is 1.00 bits per heavy atom. The van der Waals surface area contributed by atoms with Gasteiger partial charge in [0.15, 0.2) is 0 Å². The molecule has 192 valence electrons. The molecule has 0 saturated heterocycles. The van der Waals surface area contributed by atoms with E-state index in [0.29, 0.717) is 18.7 Å². The second kappa shape index (κ2) is 13.3. The van der Waals surface area contributed by atoms with Crippen LogP contribution in [0.15, 0.2) is 54.6 Å². The highest BCUT2D eigenvalue weighted by Gasteiger charge is 2.33. The maximum absolute atomic E-state index is 13.7. The molecule has 8 nitrogen and oxygen atoms in total. The molecule has 2 aromatic rings. The van der Waals surface area contributed by atoms with E-state index in [4.69, 9.17) is 0 Å². The number of hydrogen-bond acceptors (Lipinski definition) is 4. The molecule has 2 amide bonds. The van der Waals surface area contributed by atoms with E-state index in [-0.39, 0.29) is 12.5 Å². The van der Waals surface area contributed by atoms with Gasteiger partial charge in [-0.25, -0.2) is 4.31 Å². The number of carbonyl (C=O) groups is 2. The number of amides is 2. The lowest BCUT2D eigenvalue weighted by Crippen LogP contribution is -2.53. The van der Waals surface area contributed by atoms with Gasteiger partial charge in [0.25, 0.3) is 0 Å². The monoisotopic (exact) mass is 502 g/mol. The topological polar surface area (TPSA) is 90.0 Å². The SMILES string of the molecule is CCCCNC(=O)[C@@H](CC)N(Cc1cccc(C)c1)C(=O)CN(c1ccccc1)S(=O)(=O)N(C)C. The Morgan fingerprint density at radius 2 is 1.69 bits per heavy atom. The highest BCUT2D eigenvalue weighted by molar-refractivity contribution is 7.90. The molecule has 2 aromatic carbocycles. The first kappa shape index (κ1) is 28.3. The minimum Gasteiger partial charge on any atom is -0.354 e. The molecule has 0 spiro atoms. The molecule has 9 heteroatoms. The van der Waals surface area contributed by atoms with Crippen molar-refractivity contribution in [2.24, 2.45) is 0 Å². The molecule has 2 rings (SSSR count). The number of benzene rings is 2. The van der Waals surface area contributed by atoms with Crippen molar-refractivity contribution in [3.63, 3.8) is 0 Å². The van der Waals surface area contributed by atoms with Crippen molar-refractivity contribution in [1.29, 1.82) is 0 Å². The largest absolute Gasteiger partial charge is 0.354 e. The van der Waals surface area contributed by atoms with E-state index < -0.39 is 28.7 Å². The highest BCUT2D eigenvalue weighted by Crippen LogP contribution is 2.21. The number of para-hydroxylation sites is 1. The number of aryl methyl sites for hydroxylation is 1. The summed E-state index contributed by atoms with van der Waals surface area (Å²) in [4.78, 5) is 28.3. The third-order valence-corrected chi connectivity index (χ3v) is 7.53. The first-order valence-electron chi connectivity index (χ1n) is 12.0. The predicted octanol–water partition coefficient (Wildman–Crippen LogP) is 3.33. The number of rotatable bonds is 13. The second-order valence-electron chi connectivity index (χ2n) is 8.71. The van der Waals surface area contributed by atoms with Crippen LogP contribution in [0.4, 0.5) is 5.69 Å². The Balaban J connectivity index is 2.44. The maximum Gasteiger partial charge on any atom is 0.304 e. The summed E-state index contributed by atoms with van der Waals surface area (Å²) in [5.74, 6) is -0.679. The molecule has 1 atom stereocenters. The summed E-state index contributed by atoms with van der Waals surface area (Å²) in [6.07, 6.45) is 2.19. The molecule has 0 aromatic heterocycles. The van der Waals surface area contributed by atoms with Crippen molar-refractivity contribution in [2.45, 2.75) is 52.6 Å². The van der Waals surface area contributed by atoms with Crippen LogP contribution in [0.1, 0.15) is 44.2 Å². The summed E-state index contributed by atoms with van der Waals surface area (Å²) in [6, 6.07) is 15.5. The van der Waals surface area contributed by atoms with Crippen molar-refractivity contribution in [3.05, 3.63) is 65.7 Å². The zero-order chi connectivity index (χ0) is 26.0. The molecule has 0 aliphatic rings. The van der Waals surface area contributed by atoms with Crippen LogP contribution in [0.25, 0.3) is 0 Å². The number of anilines is 1. The average Bonchev–Trinajstić information content (AvgIpc) is 2.82. The Labute approximate surface area is 210 Å². The average molecular weight is 503 g/mol. The van der Waals surface area contributed by atoms with Gasteiger partial charge in [-0.05, 0) is 37.5 Å². The zero-order valence-electron chi connectivity index (χ0n) is 21.4. The summed E-state index contributed by atoms with van der Waals surface area (Å²) < 4.78 is 28.4. The Kier molecular flexibility index (Phi) is 10.7. The van der Waals surface area contributed by atoms with Crippen molar-refractivity contribution in [1.82, 2.24) is 14.5 Å². The third kappa shape index (κ3) is 7.80. The van der Waals surface area contributed by atoms with Gasteiger partial charge in [0, 0.05) is 27.2 Å². The van der Waals surface area contributed by atoms with E-state index in [1.54, 1.807) is 30.3 Å². The van der Waals surface area contributed by atoms with E-state index >= 15 is 0 Å². The summed E-state index contributed by atoms with van der Waals surface area (Å²) in [7, 11) is -1.10. The van der Waals surface area contributed by atoms with Gasteiger partial charge < -0.3 is 10.2 Å². The van der Waals surface area contributed by atoms with Gasteiger partial charge in [-0.1, -0.05) is 68.3 Å². The molecule has 0 aliphatic heterocycles. The van der Waals surface area contributed by atoms with Gasteiger partial charge in [0.05, 0.1) is 5.69 Å². The van der Waals surface area contributed by atoms with E-state index in [2.05, 4.69) is 5.32 Å². The summed E-state index contributed by atoms with van der Waals surface area (Å²) in [6.45, 7) is 6.17. The fourth-order valence-corrected chi connectivity index (χ4v) is 4.80. The molecule has 0 fully saturated rings. The smallest absolute Gasteiger partial charge is 0.304 e. The summed E-state index contributed by atoms with van der Waals surface area (Å²) >= 11 is 0. The van der Waals surface area contributed by atoms with Crippen LogP contribution in [-0.2, 0) is 26.3 Å². The van der Waals surface area contributed by atoms with Crippen LogP contribution in [-0.4, -0.2) is 62.7 Å². The van der Waals surface area contributed by atoms with Crippen molar-refractivity contribution >= 4 is 27.7 Å². The lowest BCUT2D eigenvalue weighted by molar-refractivity contribution is -0.140. The molecule has 1 N–H and O–H groups in total. The number of unbranched alkanes of at least 4 members (excludes halogenated alkanes) is 1. The Morgan fingerprint density at radius 3 is 2.26 bits per heavy atom. The van der Waals surface area contributed by atoms with Gasteiger partial charge in [-0.2, -0.15) is 12.7 Å². The third-order valence-electron chi connectivity index (χ3n) is 5.71. The van der Waals surface area contributed by atoms with Crippen LogP contribution in [0, 0.1) is 6.92 Å². The Hall–Kier alpha value is -2.91. The van der Waals surface area contributed by atoms with Crippen molar-refractivity contribution < 1.29 is 18.0 Å². The van der Waals surface area contributed by atoms with Gasteiger partial charge in [-0.15, -0.1) is 0 Å². The fourth-order valence-electron chi connectivity index (χ4n) is 3.74. The van der Waals surface area contributed by atoms with E-state index in [1.807, 2.05) is 45.0 Å². The molecule has 0 saturated carbocycles. The van der Waals surface area contributed by atoms with Crippen LogP contribution >= 0.6 is 0 Å². The zero-order valence-corrected chi connectivity index (χ0v) is 22.2. The summed E-state index contributed by atoms with van der Waals surface area (Å²) in [5.41, 5.74) is 2.29. The normalized spacial score (nSPS) is 12.3. The lowest BCUT2D eigenvalue weighted by atomic mass is 10.1. The first-order valence-corrected chi connectivity index (χ1v) is 13.4. The molecule has 0 heterocycles.